The molecule has 0 saturated carbocycles. The highest BCUT2D eigenvalue weighted by Gasteiger charge is 2.29. The summed E-state index contributed by atoms with van der Waals surface area (Å²) in [7, 11) is 1.69. The molecule has 0 aliphatic carbocycles. The first kappa shape index (κ1) is 12.1. The number of rotatable bonds is 3. The van der Waals surface area contributed by atoms with Crippen molar-refractivity contribution in [2.45, 2.75) is 25.8 Å². The van der Waals surface area contributed by atoms with Crippen molar-refractivity contribution in [2.24, 2.45) is 0 Å². The summed E-state index contributed by atoms with van der Waals surface area (Å²) in [6.07, 6.45) is 2.12. The van der Waals surface area contributed by atoms with E-state index in [1.165, 1.54) is 0 Å². The summed E-state index contributed by atoms with van der Waals surface area (Å²) < 4.78 is 5.17. The molecule has 17 heavy (non-hydrogen) atoms. The molecule has 3 nitrogen and oxygen atoms in total. The van der Waals surface area contributed by atoms with E-state index in [1.807, 2.05) is 36.1 Å². The quantitative estimate of drug-likeness (QED) is 0.801. The Kier molecular flexibility index (Phi) is 3.79. The van der Waals surface area contributed by atoms with Gasteiger partial charge in [-0.25, -0.2) is 0 Å². The van der Waals surface area contributed by atoms with Gasteiger partial charge >= 0.3 is 0 Å². The van der Waals surface area contributed by atoms with E-state index >= 15 is 0 Å². The van der Waals surface area contributed by atoms with Gasteiger partial charge in [-0.1, -0.05) is 17.7 Å². The van der Waals surface area contributed by atoms with Gasteiger partial charge in [0, 0.05) is 19.2 Å². The van der Waals surface area contributed by atoms with E-state index in [4.69, 9.17) is 4.74 Å². The van der Waals surface area contributed by atoms with Gasteiger partial charge in [0.15, 0.2) is 0 Å². The maximum absolute atomic E-state index is 12.4. The summed E-state index contributed by atoms with van der Waals surface area (Å²) in [4.78, 5) is 14.3. The van der Waals surface area contributed by atoms with Gasteiger partial charge in [-0.3, -0.25) is 4.79 Å². The predicted octanol–water partition coefficient (Wildman–Crippen LogP) is 2.25. The molecule has 1 aliphatic rings. The van der Waals surface area contributed by atoms with Crippen LogP contribution in [-0.4, -0.2) is 37.1 Å². The molecule has 1 atom stereocenters. The third kappa shape index (κ3) is 2.67. The number of benzene rings is 1. The molecule has 0 N–H and O–H groups in total. The molecule has 0 bridgehead atoms. The molecule has 92 valence electrons. The van der Waals surface area contributed by atoms with E-state index in [1.54, 1.807) is 7.11 Å². The van der Waals surface area contributed by atoms with Crippen molar-refractivity contribution in [1.82, 2.24) is 4.90 Å². The molecule has 1 aliphatic heterocycles. The van der Waals surface area contributed by atoms with E-state index < -0.39 is 0 Å². The number of ether oxygens (including phenoxy) is 1. The molecule has 1 saturated heterocycles. The Morgan fingerprint density at radius 3 is 3.06 bits per heavy atom. The zero-order valence-electron chi connectivity index (χ0n) is 10.5. The Balaban J connectivity index is 2.14. The first-order valence-electron chi connectivity index (χ1n) is 6.09. The van der Waals surface area contributed by atoms with Gasteiger partial charge < -0.3 is 9.64 Å². The van der Waals surface area contributed by atoms with Crippen molar-refractivity contribution in [3.8, 4) is 0 Å². The summed E-state index contributed by atoms with van der Waals surface area (Å²) >= 11 is 0. The second-order valence-electron chi connectivity index (χ2n) is 4.62. The van der Waals surface area contributed by atoms with Gasteiger partial charge in [-0.05, 0) is 31.9 Å². The van der Waals surface area contributed by atoms with Crippen LogP contribution in [0.1, 0.15) is 28.8 Å². The SMILES string of the molecule is COC[C@H]1CCCN1C(=O)c1cccc(C)c1. The zero-order chi connectivity index (χ0) is 12.3. The lowest BCUT2D eigenvalue weighted by Gasteiger charge is -2.24. The third-order valence-corrected chi connectivity index (χ3v) is 3.26. The van der Waals surface area contributed by atoms with Crippen LogP contribution in [0.15, 0.2) is 24.3 Å². The maximum atomic E-state index is 12.4. The Labute approximate surface area is 102 Å². The fourth-order valence-electron chi connectivity index (χ4n) is 2.41. The molecule has 0 unspecified atom stereocenters. The summed E-state index contributed by atoms with van der Waals surface area (Å²) in [5.74, 6) is 0.133. The predicted molar refractivity (Wildman–Crippen MR) is 67.1 cm³/mol. The lowest BCUT2D eigenvalue weighted by Crippen LogP contribution is -2.38. The molecular weight excluding hydrogens is 214 g/mol. The number of aryl methyl sites for hydroxylation is 1. The molecule has 0 spiro atoms. The van der Waals surface area contributed by atoms with E-state index in [9.17, 15) is 4.79 Å². The number of methoxy groups -OCH3 is 1. The summed E-state index contributed by atoms with van der Waals surface area (Å²) in [5.41, 5.74) is 1.91. The van der Waals surface area contributed by atoms with Crippen molar-refractivity contribution < 1.29 is 9.53 Å². The zero-order valence-corrected chi connectivity index (χ0v) is 10.5. The second kappa shape index (κ2) is 5.32. The summed E-state index contributed by atoms with van der Waals surface area (Å²) in [5, 5.41) is 0. The number of hydrogen-bond acceptors (Lipinski definition) is 2. The van der Waals surface area contributed by atoms with E-state index in [-0.39, 0.29) is 11.9 Å². The van der Waals surface area contributed by atoms with Gasteiger partial charge in [0.2, 0.25) is 0 Å². The minimum atomic E-state index is 0.133. The largest absolute Gasteiger partial charge is 0.383 e. The molecule has 1 aromatic carbocycles. The van der Waals surface area contributed by atoms with Crippen molar-refractivity contribution >= 4 is 5.91 Å². The first-order chi connectivity index (χ1) is 8.22. The Morgan fingerprint density at radius 2 is 2.35 bits per heavy atom. The van der Waals surface area contributed by atoms with Crippen molar-refractivity contribution in [3.05, 3.63) is 35.4 Å². The topological polar surface area (TPSA) is 29.5 Å². The smallest absolute Gasteiger partial charge is 0.254 e. The average molecular weight is 233 g/mol. The van der Waals surface area contributed by atoms with Gasteiger partial charge in [0.25, 0.3) is 5.91 Å². The lowest BCUT2D eigenvalue weighted by atomic mass is 10.1. The molecule has 1 aromatic rings. The highest BCUT2D eigenvalue weighted by Crippen LogP contribution is 2.20. The van der Waals surface area contributed by atoms with Crippen LogP contribution in [0.3, 0.4) is 0 Å². The number of nitrogens with zero attached hydrogens (tertiary/aromatic N) is 1. The van der Waals surface area contributed by atoms with Crippen molar-refractivity contribution in [2.75, 3.05) is 20.3 Å². The normalized spacial score (nSPS) is 19.6. The molecule has 0 aromatic heterocycles. The van der Waals surface area contributed by atoms with Crippen LogP contribution in [0.5, 0.6) is 0 Å². The van der Waals surface area contributed by atoms with Crippen molar-refractivity contribution in [1.29, 1.82) is 0 Å². The molecule has 1 fully saturated rings. The summed E-state index contributed by atoms with van der Waals surface area (Å²) in [6, 6.07) is 8.02. The number of hydrogen-bond donors (Lipinski definition) is 0. The fourth-order valence-corrected chi connectivity index (χ4v) is 2.41. The van der Waals surface area contributed by atoms with Crippen LogP contribution in [0.25, 0.3) is 0 Å². The van der Waals surface area contributed by atoms with Gasteiger partial charge in [-0.15, -0.1) is 0 Å². The first-order valence-corrected chi connectivity index (χ1v) is 6.09. The molecular formula is C14H19NO2. The van der Waals surface area contributed by atoms with E-state index in [2.05, 4.69) is 0 Å². The Bertz CT molecular complexity index is 403. The number of carbonyl (C=O) groups excluding carboxylic acids is 1. The Morgan fingerprint density at radius 1 is 1.53 bits per heavy atom. The molecule has 2 rings (SSSR count). The highest BCUT2D eigenvalue weighted by atomic mass is 16.5. The maximum Gasteiger partial charge on any atom is 0.254 e. The van der Waals surface area contributed by atoms with Gasteiger partial charge in [0.05, 0.1) is 12.6 Å². The van der Waals surface area contributed by atoms with Crippen LogP contribution in [0.2, 0.25) is 0 Å². The number of carbonyl (C=O) groups is 1. The minimum Gasteiger partial charge on any atom is -0.383 e. The highest BCUT2D eigenvalue weighted by molar-refractivity contribution is 5.94. The van der Waals surface area contributed by atoms with E-state index in [0.29, 0.717) is 6.61 Å². The molecule has 1 heterocycles. The van der Waals surface area contributed by atoms with E-state index in [0.717, 1.165) is 30.5 Å². The average Bonchev–Trinajstić information content (AvgIpc) is 2.77. The Hall–Kier alpha value is -1.35. The van der Waals surface area contributed by atoms with Crippen molar-refractivity contribution in [3.63, 3.8) is 0 Å². The number of likely N-dealkylation sites (tertiary alicyclic amines) is 1. The standard InChI is InChI=1S/C14H19NO2/c1-11-5-3-6-12(9-11)14(16)15-8-4-7-13(15)10-17-2/h3,5-6,9,13H,4,7-8,10H2,1-2H3/t13-/m1/s1. The molecule has 3 heteroatoms. The number of amides is 1. The minimum absolute atomic E-state index is 0.133. The second-order valence-corrected chi connectivity index (χ2v) is 4.62. The fraction of sp³-hybridized carbons (Fsp3) is 0.500. The lowest BCUT2D eigenvalue weighted by molar-refractivity contribution is 0.0630. The van der Waals surface area contributed by atoms with Crippen LogP contribution in [0, 0.1) is 6.92 Å². The van der Waals surface area contributed by atoms with Crippen LogP contribution in [0.4, 0.5) is 0 Å². The van der Waals surface area contributed by atoms with Crippen LogP contribution in [-0.2, 0) is 4.74 Å². The van der Waals surface area contributed by atoms with Crippen LogP contribution >= 0.6 is 0 Å². The monoisotopic (exact) mass is 233 g/mol. The molecule has 0 radical (unpaired) electrons. The summed E-state index contributed by atoms with van der Waals surface area (Å²) in [6.45, 7) is 3.49. The third-order valence-electron chi connectivity index (χ3n) is 3.26. The van der Waals surface area contributed by atoms with Crippen LogP contribution < -0.4 is 0 Å². The van der Waals surface area contributed by atoms with Gasteiger partial charge in [0.1, 0.15) is 0 Å². The molecule has 1 amide bonds. The van der Waals surface area contributed by atoms with Gasteiger partial charge in [-0.2, -0.15) is 0 Å².